The summed E-state index contributed by atoms with van der Waals surface area (Å²) in [7, 11) is 1.95. The van der Waals surface area contributed by atoms with Gasteiger partial charge in [-0.25, -0.2) is 4.98 Å². The maximum atomic E-state index is 9.13. The van der Waals surface area contributed by atoms with Gasteiger partial charge < -0.3 is 15.7 Å². The molecule has 24 heavy (non-hydrogen) atoms. The summed E-state index contributed by atoms with van der Waals surface area (Å²) in [6.07, 6.45) is 1.82. The van der Waals surface area contributed by atoms with Crippen molar-refractivity contribution in [1.29, 1.82) is 0 Å². The number of nitrogens with zero attached hydrogens (tertiary/aromatic N) is 3. The highest BCUT2D eigenvalue weighted by atomic mass is 32.2. The van der Waals surface area contributed by atoms with Gasteiger partial charge >= 0.3 is 0 Å². The molecule has 1 aliphatic rings. The number of likely N-dealkylation sites (N-methyl/N-ethyl adjacent to an activating group) is 1. The van der Waals surface area contributed by atoms with Crippen molar-refractivity contribution in [2.24, 2.45) is 0 Å². The van der Waals surface area contributed by atoms with E-state index in [0.29, 0.717) is 6.54 Å². The Bertz CT molecular complexity index is 892. The highest BCUT2D eigenvalue weighted by molar-refractivity contribution is 7.99. The normalized spacial score (nSPS) is 12.4. The second-order valence-corrected chi connectivity index (χ2v) is 6.62. The van der Waals surface area contributed by atoms with Crippen LogP contribution in [0.4, 0.5) is 5.69 Å². The third kappa shape index (κ3) is 2.45. The minimum absolute atomic E-state index is 0.102. The van der Waals surface area contributed by atoms with E-state index in [1.54, 1.807) is 11.8 Å². The van der Waals surface area contributed by atoms with Gasteiger partial charge in [-0.15, -0.1) is 0 Å². The number of aliphatic hydroxyl groups excluding tert-OH is 1. The fourth-order valence-corrected chi connectivity index (χ4v) is 4.14. The van der Waals surface area contributed by atoms with Gasteiger partial charge in [-0.3, -0.25) is 4.68 Å². The molecule has 1 aliphatic heterocycles. The molecule has 1 aromatic carbocycles. The van der Waals surface area contributed by atoms with E-state index in [2.05, 4.69) is 38.5 Å². The zero-order valence-electron chi connectivity index (χ0n) is 13.4. The van der Waals surface area contributed by atoms with E-state index in [1.807, 2.05) is 19.3 Å². The number of aromatic nitrogens is 3. The number of aliphatic hydroxyl groups is 1. The number of anilines is 1. The summed E-state index contributed by atoms with van der Waals surface area (Å²) in [5, 5.41) is 22.6. The molecular weight excluding hydrogens is 322 g/mol. The summed E-state index contributed by atoms with van der Waals surface area (Å²) >= 11 is 1.66. The van der Waals surface area contributed by atoms with Crippen molar-refractivity contribution in [1.82, 2.24) is 20.1 Å². The Balaban J connectivity index is 1.93. The highest BCUT2D eigenvalue weighted by Crippen LogP contribution is 2.49. The third-order valence-electron chi connectivity index (χ3n) is 4.10. The fraction of sp³-hybridized carbons (Fsp3) is 0.294. The lowest BCUT2D eigenvalue weighted by atomic mass is 10.1. The zero-order valence-corrected chi connectivity index (χ0v) is 14.2. The Morgan fingerprint density at radius 2 is 2.17 bits per heavy atom. The maximum Gasteiger partial charge on any atom is 0.110 e. The summed E-state index contributed by atoms with van der Waals surface area (Å²) in [6, 6.07) is 8.20. The standard InChI is InChI=1S/C17H19N5OS/c1-18-7-9-22-13-5-4-12(19-8-10-23)16-14(13)15(21-22)11-3-2-6-20-17(11)24-16/h2-6,18-19,23H,7-10H2,1H3. The van der Waals surface area contributed by atoms with Crippen LogP contribution in [0.25, 0.3) is 22.2 Å². The van der Waals surface area contributed by atoms with Crippen LogP contribution in [0.2, 0.25) is 0 Å². The second kappa shape index (κ2) is 6.43. The molecule has 0 amide bonds. The molecule has 6 nitrogen and oxygen atoms in total. The molecule has 2 aromatic heterocycles. The van der Waals surface area contributed by atoms with E-state index >= 15 is 0 Å². The van der Waals surface area contributed by atoms with Crippen LogP contribution in [-0.2, 0) is 6.54 Å². The van der Waals surface area contributed by atoms with Crippen molar-refractivity contribution in [2.75, 3.05) is 32.1 Å². The largest absolute Gasteiger partial charge is 0.395 e. The predicted molar refractivity (Wildman–Crippen MR) is 96.6 cm³/mol. The second-order valence-electron chi connectivity index (χ2n) is 5.62. The molecule has 3 heterocycles. The first-order valence-corrected chi connectivity index (χ1v) is 8.81. The average molecular weight is 341 g/mol. The van der Waals surface area contributed by atoms with E-state index in [0.717, 1.165) is 45.5 Å². The molecule has 0 spiro atoms. The van der Waals surface area contributed by atoms with Crippen LogP contribution < -0.4 is 10.6 Å². The molecule has 7 heteroatoms. The van der Waals surface area contributed by atoms with Gasteiger partial charge in [0.15, 0.2) is 0 Å². The van der Waals surface area contributed by atoms with Gasteiger partial charge in [-0.05, 0) is 31.3 Å². The molecule has 4 rings (SSSR count). The number of rotatable bonds is 6. The molecule has 0 atom stereocenters. The number of benzene rings is 1. The molecule has 3 aromatic rings. The van der Waals surface area contributed by atoms with Gasteiger partial charge in [-0.2, -0.15) is 5.10 Å². The predicted octanol–water partition coefficient (Wildman–Crippen LogP) is 2.19. The van der Waals surface area contributed by atoms with Crippen molar-refractivity contribution in [2.45, 2.75) is 16.5 Å². The van der Waals surface area contributed by atoms with Crippen LogP contribution in [0.3, 0.4) is 0 Å². The van der Waals surface area contributed by atoms with Gasteiger partial charge in [0, 0.05) is 40.8 Å². The van der Waals surface area contributed by atoms with Crippen LogP contribution in [-0.4, -0.2) is 46.6 Å². The van der Waals surface area contributed by atoms with Crippen molar-refractivity contribution in [3.05, 3.63) is 30.5 Å². The van der Waals surface area contributed by atoms with E-state index < -0.39 is 0 Å². The Kier molecular flexibility index (Phi) is 4.13. The zero-order chi connectivity index (χ0) is 16.5. The van der Waals surface area contributed by atoms with Gasteiger partial charge in [0.25, 0.3) is 0 Å². The monoisotopic (exact) mass is 341 g/mol. The first-order chi connectivity index (χ1) is 11.8. The van der Waals surface area contributed by atoms with Crippen LogP contribution in [0.1, 0.15) is 0 Å². The van der Waals surface area contributed by atoms with Gasteiger partial charge in [-0.1, -0.05) is 11.8 Å². The van der Waals surface area contributed by atoms with Crippen LogP contribution in [0.5, 0.6) is 0 Å². The lowest BCUT2D eigenvalue weighted by Crippen LogP contribution is -2.15. The van der Waals surface area contributed by atoms with Gasteiger partial charge in [0.2, 0.25) is 0 Å². The van der Waals surface area contributed by atoms with Gasteiger partial charge in [0.05, 0.1) is 18.7 Å². The van der Waals surface area contributed by atoms with E-state index in [4.69, 9.17) is 10.2 Å². The number of pyridine rings is 1. The first kappa shape index (κ1) is 15.4. The summed E-state index contributed by atoms with van der Waals surface area (Å²) in [6.45, 7) is 2.31. The Hall–Kier alpha value is -2.09. The molecule has 0 unspecified atom stereocenters. The molecule has 0 saturated carbocycles. The fourth-order valence-electron chi connectivity index (χ4n) is 3.00. The van der Waals surface area contributed by atoms with E-state index in [-0.39, 0.29) is 6.61 Å². The Labute approximate surface area is 144 Å². The number of fused-ring (bicyclic) bond motifs is 2. The smallest absolute Gasteiger partial charge is 0.110 e. The van der Waals surface area contributed by atoms with Crippen LogP contribution >= 0.6 is 11.8 Å². The summed E-state index contributed by atoms with van der Waals surface area (Å²) < 4.78 is 2.06. The summed E-state index contributed by atoms with van der Waals surface area (Å²) in [4.78, 5) is 5.66. The Morgan fingerprint density at radius 1 is 1.25 bits per heavy atom. The lowest BCUT2D eigenvalue weighted by Gasteiger charge is -2.17. The van der Waals surface area contributed by atoms with Crippen molar-refractivity contribution in [3.8, 4) is 11.3 Å². The van der Waals surface area contributed by atoms with Crippen LogP contribution in [0, 0.1) is 0 Å². The minimum atomic E-state index is 0.102. The Morgan fingerprint density at radius 3 is 3.00 bits per heavy atom. The quantitative estimate of drug-likeness (QED) is 0.499. The van der Waals surface area contributed by atoms with Crippen molar-refractivity contribution >= 4 is 28.4 Å². The molecule has 0 fully saturated rings. The summed E-state index contributed by atoms with van der Waals surface area (Å²) in [5.41, 5.74) is 4.23. The SMILES string of the molecule is CNCCn1nc2c3c(c(NCCO)ccc31)Sc1ncccc1-2. The minimum Gasteiger partial charge on any atom is -0.395 e. The number of hydrogen-bond donors (Lipinski definition) is 3. The maximum absolute atomic E-state index is 9.13. The average Bonchev–Trinajstić information content (AvgIpc) is 2.99. The molecule has 124 valence electrons. The van der Waals surface area contributed by atoms with E-state index in [1.165, 1.54) is 5.39 Å². The number of nitrogens with one attached hydrogen (secondary N) is 2. The first-order valence-electron chi connectivity index (χ1n) is 7.99. The topological polar surface area (TPSA) is 75.0 Å². The van der Waals surface area contributed by atoms with Crippen molar-refractivity contribution in [3.63, 3.8) is 0 Å². The van der Waals surface area contributed by atoms with Crippen molar-refractivity contribution < 1.29 is 5.11 Å². The van der Waals surface area contributed by atoms with E-state index in [9.17, 15) is 0 Å². The highest BCUT2D eigenvalue weighted by Gasteiger charge is 2.26. The van der Waals surface area contributed by atoms with Crippen LogP contribution in [0.15, 0.2) is 40.4 Å². The lowest BCUT2D eigenvalue weighted by molar-refractivity contribution is 0.311. The third-order valence-corrected chi connectivity index (χ3v) is 5.24. The molecular formula is C17H19N5OS. The molecule has 0 saturated heterocycles. The van der Waals surface area contributed by atoms with Gasteiger partial charge in [0.1, 0.15) is 10.7 Å². The molecule has 0 aliphatic carbocycles. The molecule has 3 N–H and O–H groups in total. The number of hydrogen-bond acceptors (Lipinski definition) is 6. The molecule has 0 bridgehead atoms. The molecule has 0 radical (unpaired) electrons. The summed E-state index contributed by atoms with van der Waals surface area (Å²) in [5.74, 6) is 0.